The second-order valence-corrected chi connectivity index (χ2v) is 11.1. The fraction of sp³-hybridized carbons (Fsp3) is 0.387. The van der Waals surface area contributed by atoms with E-state index in [1.165, 1.54) is 6.07 Å². The van der Waals surface area contributed by atoms with Gasteiger partial charge in [0, 0.05) is 16.4 Å². The van der Waals surface area contributed by atoms with Gasteiger partial charge in [-0.1, -0.05) is 70.4 Å². The van der Waals surface area contributed by atoms with E-state index < -0.39 is 22.3 Å². The second-order valence-electron chi connectivity index (χ2n) is 11.1. The molecule has 184 valence electrons. The minimum absolute atomic E-state index is 0.0542. The fourth-order valence-corrected chi connectivity index (χ4v) is 7.21. The van der Waals surface area contributed by atoms with Crippen LogP contribution in [0, 0.1) is 16.2 Å². The highest BCUT2D eigenvalue weighted by Gasteiger charge is 2.71. The van der Waals surface area contributed by atoms with Gasteiger partial charge < -0.3 is 14.9 Å². The molecule has 0 aliphatic heterocycles. The zero-order chi connectivity index (χ0) is 26.2. The van der Waals surface area contributed by atoms with Gasteiger partial charge in [-0.15, -0.1) is 0 Å². The van der Waals surface area contributed by atoms with Gasteiger partial charge in [0.15, 0.2) is 5.78 Å². The van der Waals surface area contributed by atoms with Gasteiger partial charge in [0.25, 0.3) is 0 Å². The van der Waals surface area contributed by atoms with E-state index in [1.807, 2.05) is 33.8 Å². The zero-order valence-corrected chi connectivity index (χ0v) is 21.7. The molecule has 1 aromatic carbocycles. The third-order valence-corrected chi connectivity index (χ3v) is 9.29. The Kier molecular flexibility index (Phi) is 5.40. The van der Waals surface area contributed by atoms with Crippen molar-refractivity contribution in [3.8, 4) is 5.75 Å². The summed E-state index contributed by atoms with van der Waals surface area (Å²) in [6.45, 7) is 28.4. The molecule has 4 heteroatoms. The maximum absolute atomic E-state index is 14.7. The molecule has 5 atom stereocenters. The molecule has 1 saturated carbocycles. The second kappa shape index (κ2) is 7.61. The maximum atomic E-state index is 14.7. The molecule has 3 aliphatic carbocycles. The molecule has 0 bridgehead atoms. The summed E-state index contributed by atoms with van der Waals surface area (Å²) in [6.07, 6.45) is 1.61. The number of ketones is 1. The molecule has 0 radical (unpaired) electrons. The monoisotopic (exact) mass is 472 g/mol. The Morgan fingerprint density at radius 1 is 1.20 bits per heavy atom. The number of phenols is 1. The molecule has 1 aromatic rings. The lowest BCUT2D eigenvalue weighted by molar-refractivity contribution is -0.164. The quantitative estimate of drug-likeness (QED) is 0.356. The van der Waals surface area contributed by atoms with Crippen molar-refractivity contribution < 1.29 is 19.7 Å². The Morgan fingerprint density at radius 2 is 1.83 bits per heavy atom. The van der Waals surface area contributed by atoms with Crippen molar-refractivity contribution in [1.29, 1.82) is 0 Å². The van der Waals surface area contributed by atoms with Crippen LogP contribution >= 0.6 is 0 Å². The number of fused-ring (bicyclic) bond motifs is 3. The number of aliphatic hydroxyl groups is 1. The van der Waals surface area contributed by atoms with E-state index in [0.717, 1.165) is 22.3 Å². The molecular weight excluding hydrogens is 436 g/mol. The first-order chi connectivity index (χ1) is 16.2. The fourth-order valence-electron chi connectivity index (χ4n) is 7.21. The van der Waals surface area contributed by atoms with Crippen LogP contribution in [0.3, 0.4) is 0 Å². The van der Waals surface area contributed by atoms with Crippen LogP contribution < -0.4 is 0 Å². The normalized spacial score (nSPS) is 34.1. The number of Topliss-reactive ketones (excluding diaryl/α,β-unsaturated/α-hetero) is 1. The van der Waals surface area contributed by atoms with Crippen molar-refractivity contribution in [2.24, 2.45) is 16.2 Å². The molecule has 0 unspecified atom stereocenters. The van der Waals surface area contributed by atoms with Gasteiger partial charge in [-0.2, -0.15) is 0 Å². The number of rotatable bonds is 4. The number of carbonyl (C=O) groups excluding carboxylic acids is 1. The molecule has 2 N–H and O–H groups in total. The Bertz CT molecular complexity index is 1290. The summed E-state index contributed by atoms with van der Waals surface area (Å²) in [5, 5.41) is 22.3. The molecule has 0 aromatic heterocycles. The molecule has 0 saturated heterocycles. The largest absolute Gasteiger partial charge is 0.507 e. The Labute approximate surface area is 208 Å². The van der Waals surface area contributed by atoms with Crippen molar-refractivity contribution >= 4 is 11.5 Å². The number of carbonyl (C=O) groups is 1. The summed E-state index contributed by atoms with van der Waals surface area (Å²) in [5.41, 5.74) is 2.18. The van der Waals surface area contributed by atoms with Crippen LogP contribution in [0.2, 0.25) is 0 Å². The van der Waals surface area contributed by atoms with E-state index in [1.54, 1.807) is 12.1 Å². The molecule has 3 aliphatic rings. The van der Waals surface area contributed by atoms with Gasteiger partial charge >= 0.3 is 0 Å². The number of hydrogen-bond acceptors (Lipinski definition) is 4. The highest BCUT2D eigenvalue weighted by Crippen LogP contribution is 2.71. The first-order valence-electron chi connectivity index (χ1n) is 12.0. The van der Waals surface area contributed by atoms with Crippen LogP contribution in [0.4, 0.5) is 0 Å². The molecule has 0 spiro atoms. The standard InChI is InChI=1S/C31H36O4/c1-11-18(5)35-28-29(8)15-17(4)23(16(2)3)20(7)31(29,10)27(34)25-26(33)24-21(13-12-14-22(24)32)19(6)30(25,28)9/h11-14,19,28,32-33H,1-2,5,7,15H2,3-4,6,8-10H3/t19-,28+,29+,30+,31-/m1/s1. The van der Waals surface area contributed by atoms with Crippen molar-refractivity contribution in [3.05, 3.63) is 95.3 Å². The summed E-state index contributed by atoms with van der Waals surface area (Å²) >= 11 is 0. The molecule has 1 fully saturated rings. The van der Waals surface area contributed by atoms with Crippen LogP contribution in [0.5, 0.6) is 5.75 Å². The van der Waals surface area contributed by atoms with Gasteiger partial charge in [-0.3, -0.25) is 4.79 Å². The number of hydrogen-bond donors (Lipinski definition) is 2. The predicted octanol–water partition coefficient (Wildman–Crippen LogP) is 7.32. The van der Waals surface area contributed by atoms with E-state index in [9.17, 15) is 15.0 Å². The average molecular weight is 473 g/mol. The minimum Gasteiger partial charge on any atom is -0.507 e. The zero-order valence-electron chi connectivity index (χ0n) is 21.7. The lowest BCUT2D eigenvalue weighted by Crippen LogP contribution is -2.67. The predicted molar refractivity (Wildman–Crippen MR) is 141 cm³/mol. The van der Waals surface area contributed by atoms with Crippen LogP contribution in [0.15, 0.2) is 84.2 Å². The average Bonchev–Trinajstić information content (AvgIpc) is 2.77. The van der Waals surface area contributed by atoms with E-state index in [2.05, 4.69) is 40.2 Å². The molecule has 0 amide bonds. The third kappa shape index (κ3) is 2.83. The van der Waals surface area contributed by atoms with Crippen LogP contribution in [-0.2, 0) is 9.53 Å². The summed E-state index contributed by atoms with van der Waals surface area (Å²) in [4.78, 5) is 14.7. The lowest BCUT2D eigenvalue weighted by atomic mass is 9.39. The minimum atomic E-state index is -1.09. The summed E-state index contributed by atoms with van der Waals surface area (Å²) in [7, 11) is 0. The van der Waals surface area contributed by atoms with E-state index in [4.69, 9.17) is 4.74 Å². The number of aromatic hydroxyl groups is 1. The highest BCUT2D eigenvalue weighted by molar-refractivity contribution is 6.11. The molecular formula is C31H36O4. The number of phenolic OH excluding ortho intramolecular Hbond substituents is 1. The molecule has 0 heterocycles. The van der Waals surface area contributed by atoms with Gasteiger partial charge in [0.05, 0.1) is 11.0 Å². The van der Waals surface area contributed by atoms with Gasteiger partial charge in [-0.05, 0) is 62.0 Å². The Balaban J connectivity index is 2.15. The number of aliphatic hydroxyl groups excluding tert-OH is 1. The summed E-state index contributed by atoms with van der Waals surface area (Å²) in [6, 6.07) is 5.18. The third-order valence-electron chi connectivity index (χ3n) is 9.29. The van der Waals surface area contributed by atoms with Crippen molar-refractivity contribution in [1.82, 2.24) is 0 Å². The maximum Gasteiger partial charge on any atom is 0.174 e. The Morgan fingerprint density at radius 3 is 2.40 bits per heavy atom. The molecule has 35 heavy (non-hydrogen) atoms. The summed E-state index contributed by atoms with van der Waals surface area (Å²) in [5.74, 6) is -0.285. The van der Waals surface area contributed by atoms with Crippen molar-refractivity contribution in [2.75, 3.05) is 0 Å². The molecule has 4 nitrogen and oxygen atoms in total. The van der Waals surface area contributed by atoms with Crippen LogP contribution in [0.1, 0.15) is 65.0 Å². The van der Waals surface area contributed by atoms with E-state index in [-0.39, 0.29) is 28.8 Å². The van der Waals surface area contributed by atoms with Crippen molar-refractivity contribution in [3.63, 3.8) is 0 Å². The topological polar surface area (TPSA) is 66.8 Å². The van der Waals surface area contributed by atoms with Gasteiger partial charge in [0.2, 0.25) is 0 Å². The number of ether oxygens (including phenoxy) is 1. The number of allylic oxidation sites excluding steroid dienone is 5. The van der Waals surface area contributed by atoms with Gasteiger partial charge in [-0.25, -0.2) is 0 Å². The first-order valence-corrected chi connectivity index (χ1v) is 12.0. The summed E-state index contributed by atoms with van der Waals surface area (Å²) < 4.78 is 6.60. The van der Waals surface area contributed by atoms with Crippen molar-refractivity contribution in [2.45, 2.75) is 60.0 Å². The van der Waals surface area contributed by atoms with Crippen LogP contribution in [0.25, 0.3) is 5.76 Å². The Hall–Kier alpha value is -3.27. The van der Waals surface area contributed by atoms with Crippen LogP contribution in [-0.4, -0.2) is 22.1 Å². The lowest BCUT2D eigenvalue weighted by Gasteiger charge is -2.64. The van der Waals surface area contributed by atoms with E-state index in [0.29, 0.717) is 23.3 Å². The SMILES string of the molecule is C=CC(=C)O[C@@H]1[C@]2(C)C(=C(O)c3c(O)cccc3[C@H]2C)C(=O)[C@@]2(C)C(=C)C(C(=C)C)=C(C)C[C@@]12C. The highest BCUT2D eigenvalue weighted by atomic mass is 16.5. The number of benzene rings is 1. The van der Waals surface area contributed by atoms with Gasteiger partial charge in [0.1, 0.15) is 23.4 Å². The smallest absolute Gasteiger partial charge is 0.174 e. The van der Waals surface area contributed by atoms with E-state index >= 15 is 0 Å². The molecule has 4 rings (SSSR count). The first kappa shape index (κ1) is 24.8.